The van der Waals surface area contributed by atoms with Gasteiger partial charge in [0.15, 0.2) is 6.40 Å². The lowest BCUT2D eigenvalue weighted by Crippen LogP contribution is -2.22. The Kier molecular flexibility index (Phi) is 5.51. The van der Waals surface area contributed by atoms with E-state index < -0.39 is 0 Å². The molecule has 0 saturated heterocycles. The number of nitrogens with zero attached hydrogens (tertiary/aromatic N) is 2. The molecular weight excluding hydrogens is 268 g/mol. The second-order valence-corrected chi connectivity index (χ2v) is 4.75. The van der Waals surface area contributed by atoms with Crippen LogP contribution in [0.25, 0.3) is 0 Å². The predicted octanol–water partition coefficient (Wildman–Crippen LogP) is 1.99. The maximum absolute atomic E-state index is 12.0. The summed E-state index contributed by atoms with van der Waals surface area (Å²) in [5.41, 5.74) is 2.53. The number of carbonyl (C=O) groups is 1. The van der Waals surface area contributed by atoms with Gasteiger partial charge in [-0.05, 0) is 12.5 Å². The molecule has 0 atom stereocenters. The van der Waals surface area contributed by atoms with Crippen LogP contribution in [-0.2, 0) is 20.8 Å². The molecule has 0 radical (unpaired) electrons. The number of hydrogen-bond donors (Lipinski definition) is 0. The zero-order valence-electron chi connectivity index (χ0n) is 12.4. The standard InChI is InChI=1S/C16H20N2O3/c1-3-21-16(19)14-10-18(11-15(14)17-12-20-2)9-13-7-5-4-6-8-13/h4-8,12H,3,9-11H2,1-2H3. The molecule has 0 fully saturated rings. The van der Waals surface area contributed by atoms with Crippen molar-refractivity contribution in [3.63, 3.8) is 0 Å². The van der Waals surface area contributed by atoms with Crippen molar-refractivity contribution in [3.8, 4) is 0 Å². The minimum absolute atomic E-state index is 0.295. The predicted molar refractivity (Wildman–Crippen MR) is 80.9 cm³/mol. The number of esters is 1. The van der Waals surface area contributed by atoms with Gasteiger partial charge in [0.25, 0.3) is 0 Å². The summed E-state index contributed by atoms with van der Waals surface area (Å²) in [5, 5.41) is 0. The van der Waals surface area contributed by atoms with Gasteiger partial charge in [0, 0.05) is 19.6 Å². The van der Waals surface area contributed by atoms with Gasteiger partial charge in [0.1, 0.15) is 0 Å². The summed E-state index contributed by atoms with van der Waals surface area (Å²) in [4.78, 5) is 18.4. The number of carbonyl (C=O) groups excluding carboxylic acids is 1. The Labute approximate surface area is 124 Å². The molecule has 0 bridgehead atoms. The first-order chi connectivity index (χ1) is 10.2. The number of benzene rings is 1. The van der Waals surface area contributed by atoms with Crippen molar-refractivity contribution < 1.29 is 14.3 Å². The molecule has 0 amide bonds. The molecule has 0 spiro atoms. The summed E-state index contributed by atoms with van der Waals surface area (Å²) in [5.74, 6) is -0.295. The van der Waals surface area contributed by atoms with E-state index in [0.717, 1.165) is 6.54 Å². The van der Waals surface area contributed by atoms with Crippen LogP contribution in [0.15, 0.2) is 46.6 Å². The number of methoxy groups -OCH3 is 1. The van der Waals surface area contributed by atoms with Gasteiger partial charge in [-0.2, -0.15) is 0 Å². The van der Waals surface area contributed by atoms with E-state index in [9.17, 15) is 4.79 Å². The van der Waals surface area contributed by atoms with Crippen LogP contribution in [0, 0.1) is 0 Å². The van der Waals surface area contributed by atoms with Crippen molar-refractivity contribution in [2.24, 2.45) is 4.99 Å². The summed E-state index contributed by atoms with van der Waals surface area (Å²) in [6.07, 6.45) is 1.35. The minimum atomic E-state index is -0.295. The molecule has 1 aromatic rings. The second kappa shape index (κ2) is 7.59. The molecule has 112 valence electrons. The first-order valence-electron chi connectivity index (χ1n) is 6.95. The molecule has 0 unspecified atom stereocenters. The fourth-order valence-electron chi connectivity index (χ4n) is 2.27. The van der Waals surface area contributed by atoms with E-state index in [0.29, 0.717) is 31.0 Å². The summed E-state index contributed by atoms with van der Waals surface area (Å²) in [7, 11) is 1.53. The Morgan fingerprint density at radius 1 is 1.33 bits per heavy atom. The third-order valence-electron chi connectivity index (χ3n) is 3.19. The van der Waals surface area contributed by atoms with Crippen LogP contribution in [0.5, 0.6) is 0 Å². The third kappa shape index (κ3) is 4.16. The fraction of sp³-hybridized carbons (Fsp3) is 0.375. The number of hydrogen-bond acceptors (Lipinski definition) is 5. The summed E-state index contributed by atoms with van der Waals surface area (Å²) < 4.78 is 9.95. The van der Waals surface area contributed by atoms with Crippen LogP contribution >= 0.6 is 0 Å². The zero-order valence-corrected chi connectivity index (χ0v) is 12.4. The van der Waals surface area contributed by atoms with Crippen molar-refractivity contribution in [2.75, 3.05) is 26.8 Å². The minimum Gasteiger partial charge on any atom is -0.486 e. The Morgan fingerprint density at radius 2 is 2.10 bits per heavy atom. The van der Waals surface area contributed by atoms with Crippen molar-refractivity contribution in [3.05, 3.63) is 47.2 Å². The molecule has 1 aromatic carbocycles. The number of aliphatic imine (C=N–C) groups is 1. The zero-order chi connectivity index (χ0) is 15.1. The second-order valence-electron chi connectivity index (χ2n) is 4.75. The summed E-state index contributed by atoms with van der Waals surface area (Å²) in [6.45, 7) is 4.10. The Bertz CT molecular complexity index is 538. The summed E-state index contributed by atoms with van der Waals surface area (Å²) >= 11 is 0. The topological polar surface area (TPSA) is 51.1 Å². The molecule has 1 aliphatic heterocycles. The molecule has 1 heterocycles. The molecule has 5 nitrogen and oxygen atoms in total. The SMILES string of the molecule is CCOC(=O)C1=C(N=COC)CN(Cc2ccccc2)C1. The van der Waals surface area contributed by atoms with E-state index in [2.05, 4.69) is 22.0 Å². The van der Waals surface area contributed by atoms with Gasteiger partial charge in [0.05, 0.1) is 25.0 Å². The molecule has 2 rings (SSSR count). The lowest BCUT2D eigenvalue weighted by Gasteiger charge is -2.15. The summed E-state index contributed by atoms with van der Waals surface area (Å²) in [6, 6.07) is 10.1. The Balaban J connectivity index is 2.08. The van der Waals surface area contributed by atoms with Crippen molar-refractivity contribution in [2.45, 2.75) is 13.5 Å². The molecule has 5 heteroatoms. The first-order valence-corrected chi connectivity index (χ1v) is 6.95. The monoisotopic (exact) mass is 288 g/mol. The average Bonchev–Trinajstić information content (AvgIpc) is 2.89. The number of ether oxygens (including phenoxy) is 2. The lowest BCUT2D eigenvalue weighted by molar-refractivity contribution is -0.138. The van der Waals surface area contributed by atoms with E-state index in [1.165, 1.54) is 19.1 Å². The fourth-order valence-corrected chi connectivity index (χ4v) is 2.27. The quantitative estimate of drug-likeness (QED) is 0.456. The largest absolute Gasteiger partial charge is 0.486 e. The Morgan fingerprint density at radius 3 is 2.76 bits per heavy atom. The van der Waals surface area contributed by atoms with E-state index in [-0.39, 0.29) is 5.97 Å². The van der Waals surface area contributed by atoms with Gasteiger partial charge in [-0.25, -0.2) is 9.79 Å². The van der Waals surface area contributed by atoms with Crippen molar-refractivity contribution in [1.29, 1.82) is 0 Å². The molecule has 0 aliphatic carbocycles. The average molecular weight is 288 g/mol. The molecule has 0 aromatic heterocycles. The lowest BCUT2D eigenvalue weighted by atomic mass is 10.2. The normalized spacial score (nSPS) is 15.7. The van der Waals surface area contributed by atoms with Gasteiger partial charge < -0.3 is 9.47 Å². The van der Waals surface area contributed by atoms with Gasteiger partial charge >= 0.3 is 5.97 Å². The highest BCUT2D eigenvalue weighted by Gasteiger charge is 2.27. The highest BCUT2D eigenvalue weighted by molar-refractivity contribution is 5.90. The molecule has 0 saturated carbocycles. The maximum atomic E-state index is 12.0. The number of rotatable bonds is 6. The van der Waals surface area contributed by atoms with Crippen LogP contribution in [0.2, 0.25) is 0 Å². The van der Waals surface area contributed by atoms with E-state index in [4.69, 9.17) is 9.47 Å². The smallest absolute Gasteiger partial charge is 0.337 e. The highest BCUT2D eigenvalue weighted by atomic mass is 16.5. The van der Waals surface area contributed by atoms with Gasteiger partial charge in [-0.1, -0.05) is 30.3 Å². The van der Waals surface area contributed by atoms with Crippen LogP contribution in [0.1, 0.15) is 12.5 Å². The molecule has 0 N–H and O–H groups in total. The van der Waals surface area contributed by atoms with E-state index in [1.54, 1.807) is 6.92 Å². The van der Waals surface area contributed by atoms with Crippen LogP contribution < -0.4 is 0 Å². The Hall–Kier alpha value is -2.14. The molecule has 1 aliphatic rings. The van der Waals surface area contributed by atoms with Crippen molar-refractivity contribution in [1.82, 2.24) is 4.90 Å². The van der Waals surface area contributed by atoms with Crippen molar-refractivity contribution >= 4 is 12.4 Å². The van der Waals surface area contributed by atoms with Crippen LogP contribution in [-0.4, -0.2) is 44.1 Å². The maximum Gasteiger partial charge on any atom is 0.337 e. The van der Waals surface area contributed by atoms with Gasteiger partial charge in [-0.15, -0.1) is 0 Å². The van der Waals surface area contributed by atoms with Gasteiger partial charge in [0.2, 0.25) is 0 Å². The first kappa shape index (κ1) is 15.3. The molecule has 21 heavy (non-hydrogen) atoms. The molecular formula is C16H20N2O3. The van der Waals surface area contributed by atoms with E-state index >= 15 is 0 Å². The third-order valence-corrected chi connectivity index (χ3v) is 3.19. The van der Waals surface area contributed by atoms with Gasteiger partial charge in [-0.3, -0.25) is 4.90 Å². The van der Waals surface area contributed by atoms with E-state index in [1.807, 2.05) is 18.2 Å². The highest BCUT2D eigenvalue weighted by Crippen LogP contribution is 2.21. The van der Waals surface area contributed by atoms with Crippen LogP contribution in [0.3, 0.4) is 0 Å². The van der Waals surface area contributed by atoms with Crippen LogP contribution in [0.4, 0.5) is 0 Å².